The van der Waals surface area contributed by atoms with E-state index in [0.29, 0.717) is 22.7 Å². The quantitative estimate of drug-likeness (QED) is 0.144. The van der Waals surface area contributed by atoms with E-state index in [0.717, 1.165) is 20.3 Å². The first-order valence-electron chi connectivity index (χ1n) is 15.1. The molecule has 0 aromatic heterocycles. The van der Waals surface area contributed by atoms with E-state index in [1.807, 2.05) is 63.4 Å². The lowest BCUT2D eigenvalue weighted by Gasteiger charge is -2.34. The first-order valence-corrected chi connectivity index (χ1v) is 18.2. The lowest BCUT2D eigenvalue weighted by Crippen LogP contribution is -2.54. The number of aryl methyl sites for hydroxylation is 1. The smallest absolute Gasteiger partial charge is 0.264 e. The summed E-state index contributed by atoms with van der Waals surface area (Å²) in [5.74, 6) is -0.837. The molecule has 0 aliphatic heterocycles. The van der Waals surface area contributed by atoms with Gasteiger partial charge in [0.05, 0.1) is 10.6 Å². The molecule has 2 amide bonds. The van der Waals surface area contributed by atoms with Crippen molar-refractivity contribution in [2.45, 2.75) is 62.0 Å². The molecule has 0 spiro atoms. The molecule has 0 saturated heterocycles. The number of hydrogen-bond acceptors (Lipinski definition) is 5. The van der Waals surface area contributed by atoms with Crippen LogP contribution in [0.4, 0.5) is 5.69 Å². The summed E-state index contributed by atoms with van der Waals surface area (Å²) >= 11 is 7.83. The molecular formula is C36H40ClN3O4S2. The van der Waals surface area contributed by atoms with Crippen LogP contribution < -0.4 is 9.62 Å². The van der Waals surface area contributed by atoms with Crippen molar-refractivity contribution < 1.29 is 18.0 Å². The molecule has 0 fully saturated rings. The van der Waals surface area contributed by atoms with Crippen molar-refractivity contribution in [1.82, 2.24) is 10.2 Å². The van der Waals surface area contributed by atoms with Crippen molar-refractivity contribution in [3.63, 3.8) is 0 Å². The zero-order valence-electron chi connectivity index (χ0n) is 26.5. The van der Waals surface area contributed by atoms with Gasteiger partial charge in [0.2, 0.25) is 11.8 Å². The number of hydrogen-bond donors (Lipinski definition) is 1. The van der Waals surface area contributed by atoms with Crippen LogP contribution in [-0.2, 0) is 32.6 Å². The molecule has 0 aliphatic rings. The third kappa shape index (κ3) is 9.15. The molecule has 242 valence electrons. The molecule has 0 heterocycles. The van der Waals surface area contributed by atoms with Crippen molar-refractivity contribution in [2.75, 3.05) is 17.1 Å². The predicted octanol–water partition coefficient (Wildman–Crippen LogP) is 7.12. The van der Waals surface area contributed by atoms with Gasteiger partial charge in [-0.1, -0.05) is 78.7 Å². The fourth-order valence-corrected chi connectivity index (χ4v) is 6.98. The van der Waals surface area contributed by atoms with E-state index in [-0.39, 0.29) is 29.8 Å². The maximum atomic E-state index is 14.6. The second-order valence-corrected chi connectivity index (χ2v) is 14.4. The molecule has 0 unspecified atom stereocenters. The summed E-state index contributed by atoms with van der Waals surface area (Å²) in [5.41, 5.74) is 2.88. The highest BCUT2D eigenvalue weighted by Gasteiger charge is 2.35. The van der Waals surface area contributed by atoms with E-state index in [4.69, 9.17) is 11.6 Å². The van der Waals surface area contributed by atoms with Gasteiger partial charge in [0.1, 0.15) is 12.6 Å². The van der Waals surface area contributed by atoms with Crippen LogP contribution >= 0.6 is 23.4 Å². The minimum atomic E-state index is -4.17. The molecule has 10 heteroatoms. The van der Waals surface area contributed by atoms with Gasteiger partial charge in [-0.25, -0.2) is 8.42 Å². The lowest BCUT2D eigenvalue weighted by atomic mass is 10.0. The monoisotopic (exact) mass is 677 g/mol. The Labute approximate surface area is 282 Å². The van der Waals surface area contributed by atoms with Gasteiger partial charge < -0.3 is 10.2 Å². The second-order valence-electron chi connectivity index (χ2n) is 11.2. The van der Waals surface area contributed by atoms with E-state index in [1.54, 1.807) is 66.7 Å². The van der Waals surface area contributed by atoms with Crippen LogP contribution in [0.1, 0.15) is 37.0 Å². The molecule has 0 bridgehead atoms. The fraction of sp³-hybridized carbons (Fsp3) is 0.278. The standard InChI is InChI=1S/C36H40ClN3O4S2/c1-5-27(3)38-36(42)34(23-28-10-7-6-8-11-28)39(24-29-12-9-13-30(37)22-29)35(41)25-40(31-16-14-26(2)15-17-31)46(43,44)33-20-18-32(45-4)19-21-33/h6-22,27,34H,5,23-25H2,1-4H3,(H,38,42)/t27-,34+/m0/s1. The second kappa shape index (κ2) is 16.2. The Morgan fingerprint density at radius 3 is 2.15 bits per heavy atom. The van der Waals surface area contributed by atoms with Crippen LogP contribution in [0, 0.1) is 6.92 Å². The van der Waals surface area contributed by atoms with Gasteiger partial charge in [0.15, 0.2) is 0 Å². The van der Waals surface area contributed by atoms with E-state index in [9.17, 15) is 18.0 Å². The normalized spacial score (nSPS) is 12.6. The molecule has 0 aliphatic carbocycles. The summed E-state index contributed by atoms with van der Waals surface area (Å²) in [4.78, 5) is 30.9. The molecule has 7 nitrogen and oxygen atoms in total. The summed E-state index contributed by atoms with van der Waals surface area (Å²) in [7, 11) is -4.17. The maximum Gasteiger partial charge on any atom is 0.264 e. The van der Waals surface area contributed by atoms with Crippen molar-refractivity contribution in [3.8, 4) is 0 Å². The van der Waals surface area contributed by atoms with Crippen LogP contribution in [0.2, 0.25) is 5.02 Å². The zero-order chi connectivity index (χ0) is 33.3. The average Bonchev–Trinajstić information content (AvgIpc) is 3.06. The summed E-state index contributed by atoms with van der Waals surface area (Å²) in [6, 6.07) is 29.1. The van der Waals surface area contributed by atoms with E-state index >= 15 is 0 Å². The highest BCUT2D eigenvalue weighted by atomic mass is 35.5. The average molecular weight is 678 g/mol. The largest absolute Gasteiger partial charge is 0.352 e. The first-order chi connectivity index (χ1) is 22.0. The maximum absolute atomic E-state index is 14.6. The number of halogens is 1. The zero-order valence-corrected chi connectivity index (χ0v) is 28.9. The lowest BCUT2D eigenvalue weighted by molar-refractivity contribution is -0.140. The molecule has 1 N–H and O–H groups in total. The Hall–Kier alpha value is -3.79. The number of anilines is 1. The number of benzene rings is 4. The van der Waals surface area contributed by atoms with E-state index in [2.05, 4.69) is 5.32 Å². The SMILES string of the molecule is CC[C@H](C)NC(=O)[C@@H](Cc1ccccc1)N(Cc1cccc(Cl)c1)C(=O)CN(c1ccc(C)cc1)S(=O)(=O)c1ccc(SC)cc1. The molecule has 4 aromatic rings. The summed E-state index contributed by atoms with van der Waals surface area (Å²) in [6.07, 6.45) is 2.86. The number of rotatable bonds is 14. The molecule has 4 aromatic carbocycles. The van der Waals surface area contributed by atoms with Crippen LogP contribution in [0.15, 0.2) is 113 Å². The first kappa shape index (κ1) is 35.1. The van der Waals surface area contributed by atoms with Gasteiger partial charge in [-0.15, -0.1) is 11.8 Å². The van der Waals surface area contributed by atoms with Gasteiger partial charge in [-0.2, -0.15) is 0 Å². The van der Waals surface area contributed by atoms with Crippen molar-refractivity contribution in [3.05, 3.63) is 125 Å². The molecular weight excluding hydrogens is 638 g/mol. The Morgan fingerprint density at radius 1 is 0.891 bits per heavy atom. The Kier molecular flexibility index (Phi) is 12.3. The van der Waals surface area contributed by atoms with Gasteiger partial charge >= 0.3 is 0 Å². The van der Waals surface area contributed by atoms with Gasteiger partial charge in [0, 0.05) is 28.9 Å². The highest BCUT2D eigenvalue weighted by molar-refractivity contribution is 7.98. The highest BCUT2D eigenvalue weighted by Crippen LogP contribution is 2.27. The molecule has 0 radical (unpaired) electrons. The van der Waals surface area contributed by atoms with Crippen LogP contribution in [0.5, 0.6) is 0 Å². The molecule has 2 atom stereocenters. The van der Waals surface area contributed by atoms with E-state index in [1.165, 1.54) is 16.7 Å². The minimum absolute atomic E-state index is 0.0506. The van der Waals surface area contributed by atoms with Crippen LogP contribution in [-0.4, -0.2) is 50.0 Å². The van der Waals surface area contributed by atoms with Crippen LogP contribution in [0.25, 0.3) is 0 Å². The van der Waals surface area contributed by atoms with Gasteiger partial charge in [-0.05, 0) is 86.2 Å². The Morgan fingerprint density at radius 2 is 1.54 bits per heavy atom. The van der Waals surface area contributed by atoms with Gasteiger partial charge in [0.25, 0.3) is 10.0 Å². The molecule has 0 saturated carbocycles. The summed E-state index contributed by atoms with van der Waals surface area (Å²) < 4.78 is 29.5. The Balaban J connectivity index is 1.80. The van der Waals surface area contributed by atoms with Gasteiger partial charge in [-0.3, -0.25) is 13.9 Å². The molecule has 46 heavy (non-hydrogen) atoms. The summed E-state index contributed by atoms with van der Waals surface area (Å²) in [5, 5.41) is 3.54. The fourth-order valence-electron chi connectivity index (χ4n) is 4.94. The number of nitrogens with zero attached hydrogens (tertiary/aromatic N) is 2. The number of thioether (sulfide) groups is 1. The third-order valence-corrected chi connectivity index (χ3v) is 10.5. The predicted molar refractivity (Wildman–Crippen MR) is 188 cm³/mol. The number of amides is 2. The minimum Gasteiger partial charge on any atom is -0.352 e. The summed E-state index contributed by atoms with van der Waals surface area (Å²) in [6.45, 7) is 5.33. The van der Waals surface area contributed by atoms with Crippen molar-refractivity contribution >= 4 is 50.9 Å². The number of carbonyl (C=O) groups excluding carboxylic acids is 2. The number of sulfonamides is 1. The Bertz CT molecular complexity index is 1720. The number of nitrogens with one attached hydrogen (secondary N) is 1. The van der Waals surface area contributed by atoms with Crippen molar-refractivity contribution in [2.24, 2.45) is 0 Å². The van der Waals surface area contributed by atoms with E-state index < -0.39 is 28.5 Å². The number of carbonyl (C=O) groups is 2. The van der Waals surface area contributed by atoms with Crippen molar-refractivity contribution in [1.29, 1.82) is 0 Å². The topological polar surface area (TPSA) is 86.8 Å². The third-order valence-electron chi connectivity index (χ3n) is 7.76. The van der Waals surface area contributed by atoms with Crippen LogP contribution in [0.3, 0.4) is 0 Å². The molecule has 4 rings (SSSR count).